The van der Waals surface area contributed by atoms with Gasteiger partial charge in [-0.3, -0.25) is 9.59 Å². The number of amides is 2. The van der Waals surface area contributed by atoms with Crippen LogP contribution in [0.15, 0.2) is 106 Å². The normalized spacial score (nSPS) is 22.2. The number of ether oxygens (including phenoxy) is 2. The fraction of sp³-hybridized carbons (Fsp3) is 0.444. The summed E-state index contributed by atoms with van der Waals surface area (Å²) in [6.45, 7) is 12.9. The van der Waals surface area contributed by atoms with E-state index in [4.69, 9.17) is 31.4 Å². The van der Waals surface area contributed by atoms with Crippen LogP contribution in [0.4, 0.5) is 0 Å². The van der Waals surface area contributed by atoms with Crippen LogP contribution < -0.4 is 19.8 Å². The number of carbonyl (C=O) groups excluding carboxylic acids is 2. The molecule has 4 aliphatic rings. The van der Waals surface area contributed by atoms with Gasteiger partial charge in [0.05, 0.1) is 13.2 Å². The van der Waals surface area contributed by atoms with Crippen LogP contribution in [0.2, 0.25) is 5.02 Å². The summed E-state index contributed by atoms with van der Waals surface area (Å²) >= 11 is 6.24. The van der Waals surface area contributed by atoms with Gasteiger partial charge in [-0.15, -0.1) is 15.3 Å². The molecule has 6 atom stereocenters. The molecule has 4 N–H and O–H groups in total. The van der Waals surface area contributed by atoms with E-state index in [-0.39, 0.29) is 34.2 Å². The summed E-state index contributed by atoms with van der Waals surface area (Å²) in [5, 5.41) is 12.6. The Morgan fingerprint density at radius 1 is 0.701 bits per heavy atom. The third kappa shape index (κ3) is 12.4. The molecule has 10 nitrogen and oxygen atoms in total. The van der Waals surface area contributed by atoms with E-state index in [0.717, 1.165) is 98.3 Å². The van der Waals surface area contributed by atoms with Crippen LogP contribution in [0, 0.1) is 18.8 Å². The van der Waals surface area contributed by atoms with Crippen molar-refractivity contribution in [3.8, 4) is 11.5 Å². The van der Waals surface area contributed by atoms with E-state index >= 15 is 0 Å². The SMILES string of the molecule is C/C=C\C[C@H](C)CS(N)(=O)=NC(=O)c1ccc2c(c1)CC[C@@]1(CCCc3cc(C)ccc31)CO2.C=CC[C@H](C)CS(N)(=O)=NC(=O)c1ccc2c(c1)CC[C@@]1(CCCc3cc(Cl)ccc31)CO2. The van der Waals surface area contributed by atoms with Crippen molar-refractivity contribution in [1.82, 2.24) is 0 Å². The van der Waals surface area contributed by atoms with Crippen molar-refractivity contribution < 1.29 is 27.5 Å². The van der Waals surface area contributed by atoms with E-state index in [1.807, 2.05) is 63.3 Å². The predicted octanol–water partition coefficient (Wildman–Crippen LogP) is 11.3. The second kappa shape index (κ2) is 21.4. The van der Waals surface area contributed by atoms with Crippen LogP contribution in [0.5, 0.6) is 11.5 Å². The summed E-state index contributed by atoms with van der Waals surface area (Å²) in [6, 6.07) is 23.7. The molecule has 0 fully saturated rings. The Morgan fingerprint density at radius 2 is 1.19 bits per heavy atom. The predicted molar refractivity (Wildman–Crippen MR) is 273 cm³/mol. The number of nitrogens with zero attached hydrogens (tertiary/aromatic N) is 2. The Labute approximate surface area is 404 Å². The third-order valence-corrected chi connectivity index (χ3v) is 17.2. The summed E-state index contributed by atoms with van der Waals surface area (Å²) in [7, 11) is -6.19. The zero-order chi connectivity index (χ0) is 48.0. The Hall–Kier alpha value is -4.59. The molecule has 8 rings (SSSR count). The number of benzene rings is 4. The number of rotatable bonds is 10. The minimum absolute atomic E-state index is 0.00348. The van der Waals surface area contributed by atoms with Crippen molar-refractivity contribution in [2.45, 2.75) is 116 Å². The van der Waals surface area contributed by atoms with Crippen LogP contribution in [0.25, 0.3) is 0 Å². The van der Waals surface area contributed by atoms with E-state index in [0.29, 0.717) is 30.8 Å². The van der Waals surface area contributed by atoms with Gasteiger partial charge in [0.1, 0.15) is 31.3 Å². The number of allylic oxidation sites excluding steroid dienone is 3. The number of hydrogen-bond donors (Lipinski definition) is 2. The molecule has 2 aliphatic carbocycles. The number of fused-ring (bicyclic) bond motifs is 6. The molecule has 13 heteroatoms. The lowest BCUT2D eigenvalue weighted by molar-refractivity contribution is 0.0996. The van der Waals surface area contributed by atoms with Crippen molar-refractivity contribution in [3.63, 3.8) is 0 Å². The number of carbonyl (C=O) groups is 2. The second-order valence-electron chi connectivity index (χ2n) is 19.5. The third-order valence-electron chi connectivity index (χ3n) is 13.9. The summed E-state index contributed by atoms with van der Waals surface area (Å²) in [4.78, 5) is 25.6. The first-order chi connectivity index (χ1) is 31.9. The van der Waals surface area contributed by atoms with Crippen LogP contribution >= 0.6 is 11.6 Å². The molecule has 67 heavy (non-hydrogen) atoms. The van der Waals surface area contributed by atoms with Crippen molar-refractivity contribution in [2.75, 3.05) is 24.7 Å². The summed E-state index contributed by atoms with van der Waals surface area (Å²) < 4.78 is 45.8. The highest BCUT2D eigenvalue weighted by Gasteiger charge is 2.40. The Kier molecular flexibility index (Phi) is 16.0. The van der Waals surface area contributed by atoms with E-state index in [1.165, 1.54) is 27.8 Å². The molecule has 2 unspecified atom stereocenters. The average Bonchev–Trinajstić information content (AvgIpc) is 3.57. The second-order valence-corrected chi connectivity index (χ2v) is 23.7. The zero-order valence-corrected chi connectivity index (χ0v) is 41.9. The summed E-state index contributed by atoms with van der Waals surface area (Å²) in [5.41, 5.74) is 9.51. The molecule has 2 amide bonds. The van der Waals surface area contributed by atoms with Gasteiger partial charge >= 0.3 is 0 Å². The van der Waals surface area contributed by atoms with Crippen LogP contribution in [-0.2, 0) is 56.3 Å². The van der Waals surface area contributed by atoms with Gasteiger partial charge in [-0.2, -0.15) is 0 Å². The number of hydrogen-bond acceptors (Lipinski definition) is 6. The Morgan fingerprint density at radius 3 is 1.70 bits per heavy atom. The van der Waals surface area contributed by atoms with E-state index in [9.17, 15) is 18.0 Å². The van der Waals surface area contributed by atoms with Gasteiger partial charge in [-0.25, -0.2) is 18.7 Å². The molecule has 2 heterocycles. The van der Waals surface area contributed by atoms with Gasteiger partial charge in [0.2, 0.25) is 0 Å². The largest absolute Gasteiger partial charge is 0.492 e. The summed E-state index contributed by atoms with van der Waals surface area (Å²) in [5.74, 6) is 1.02. The standard InChI is InChI=1S/C28H36N2O3S.C26H31ClN2O3S/c1-4-5-7-21(3)18-34(29,32)30-27(31)24-10-12-26-23(17-24)13-15-28(19-33-26)14-6-8-22-16-20(2)9-11-25(22)28;1-3-5-18(2)16-33(28,31)29-25(30)21-7-10-24-20(14-21)11-13-26(17-32-24)12-4-6-19-15-22(27)8-9-23(19)26/h4-5,9-12,16-17,21H,6-8,13-15,18-19H2,1-3H3,(H2,29,30,31,32);3,7-10,14-15,18H,1,4-6,11-13,16-17H2,2H3,(H2,28,29,30,31)/b5-4-;/t21-,28-,34?;18-,26-,33?/m00/s1. The monoisotopic (exact) mass is 966 g/mol. The van der Waals surface area contributed by atoms with Crippen LogP contribution in [-0.4, -0.2) is 45.0 Å². The lowest BCUT2D eigenvalue weighted by Crippen LogP contribution is -2.36. The lowest BCUT2D eigenvalue weighted by Gasteiger charge is -2.38. The van der Waals surface area contributed by atoms with Gasteiger partial charge in [-0.1, -0.05) is 73.5 Å². The first-order valence-corrected chi connectivity index (χ1v) is 27.6. The average molecular weight is 968 g/mol. The molecule has 2 aliphatic heterocycles. The van der Waals surface area contributed by atoms with Crippen molar-refractivity contribution in [2.24, 2.45) is 30.8 Å². The molecule has 0 bridgehead atoms. The van der Waals surface area contributed by atoms with Crippen LogP contribution in [0.1, 0.15) is 132 Å². The van der Waals surface area contributed by atoms with Gasteiger partial charge in [0.15, 0.2) is 0 Å². The maximum atomic E-state index is 12.8. The quantitative estimate of drug-likeness (QED) is 0.150. The highest BCUT2D eigenvalue weighted by Crippen LogP contribution is 2.46. The maximum absolute atomic E-state index is 12.8. The molecule has 0 saturated heterocycles. The van der Waals surface area contributed by atoms with E-state index in [1.54, 1.807) is 18.2 Å². The molecule has 358 valence electrons. The first kappa shape index (κ1) is 50.3. The molecule has 0 aromatic heterocycles. The molecular formula is C54H67ClN4O6S2. The number of nitrogens with two attached hydrogens (primary N) is 2. The Balaban J connectivity index is 0.000000199. The van der Waals surface area contributed by atoms with Crippen molar-refractivity contribution in [1.29, 1.82) is 0 Å². The van der Waals surface area contributed by atoms with E-state index in [2.05, 4.69) is 52.6 Å². The van der Waals surface area contributed by atoms with Gasteiger partial charge in [0.25, 0.3) is 11.8 Å². The smallest absolute Gasteiger partial charge is 0.286 e. The number of halogens is 1. The van der Waals surface area contributed by atoms with Gasteiger partial charge in [0, 0.05) is 38.5 Å². The molecule has 2 spiro atoms. The molecule has 4 aromatic rings. The van der Waals surface area contributed by atoms with Gasteiger partial charge < -0.3 is 9.47 Å². The first-order valence-electron chi connectivity index (χ1n) is 23.7. The lowest BCUT2D eigenvalue weighted by atomic mass is 9.67. The fourth-order valence-corrected chi connectivity index (χ4v) is 13.6. The highest BCUT2D eigenvalue weighted by molar-refractivity contribution is 7.92. The van der Waals surface area contributed by atoms with Crippen molar-refractivity contribution in [3.05, 3.63) is 153 Å². The minimum Gasteiger partial charge on any atom is -0.492 e. The molecule has 0 radical (unpaired) electrons. The topological polar surface area (TPSA) is 163 Å². The molecular weight excluding hydrogens is 900 g/mol. The number of aryl methyl sites for hydroxylation is 5. The summed E-state index contributed by atoms with van der Waals surface area (Å²) in [6.07, 6.45) is 17.2. The van der Waals surface area contributed by atoms with E-state index < -0.39 is 31.6 Å². The van der Waals surface area contributed by atoms with Gasteiger partial charge in [-0.05, 0) is 185 Å². The van der Waals surface area contributed by atoms with Crippen LogP contribution in [0.3, 0.4) is 0 Å². The zero-order valence-electron chi connectivity index (χ0n) is 39.5. The van der Waals surface area contributed by atoms with Crippen molar-refractivity contribution >= 4 is 43.2 Å². The molecule has 0 saturated carbocycles. The fourth-order valence-electron chi connectivity index (χ4n) is 10.5. The maximum Gasteiger partial charge on any atom is 0.286 e. The highest BCUT2D eigenvalue weighted by atomic mass is 35.5. The minimum atomic E-state index is -3.10. The molecule has 4 aromatic carbocycles. The Bertz CT molecular complexity index is 2810.